The minimum atomic E-state index is 0.131. The highest BCUT2D eigenvalue weighted by molar-refractivity contribution is 7.24. The normalized spacial score (nSPS) is 15.9. The molecule has 7 heteroatoms. The van der Waals surface area contributed by atoms with E-state index in [1.54, 1.807) is 0 Å². The SMILES string of the molecule is CNCCC1CCN(C(=O)c2sc(-c3ccc(Cl)s3)nc2C)CC1. The van der Waals surface area contributed by atoms with Crippen LogP contribution in [0.2, 0.25) is 4.34 Å². The maximum absolute atomic E-state index is 12.9. The van der Waals surface area contributed by atoms with Crippen LogP contribution in [0.5, 0.6) is 0 Å². The van der Waals surface area contributed by atoms with E-state index in [-0.39, 0.29) is 5.91 Å². The number of halogens is 1. The molecule has 1 N–H and O–H groups in total. The van der Waals surface area contributed by atoms with Gasteiger partial charge in [-0.1, -0.05) is 11.6 Å². The summed E-state index contributed by atoms with van der Waals surface area (Å²) in [7, 11) is 1.99. The number of carbonyl (C=O) groups is 1. The average Bonchev–Trinajstić information content (AvgIpc) is 3.18. The predicted molar refractivity (Wildman–Crippen MR) is 102 cm³/mol. The van der Waals surface area contributed by atoms with Gasteiger partial charge in [0.2, 0.25) is 0 Å². The zero-order chi connectivity index (χ0) is 17.1. The Hall–Kier alpha value is -0.950. The lowest BCUT2D eigenvalue weighted by Crippen LogP contribution is -2.38. The molecule has 0 saturated carbocycles. The molecule has 0 atom stereocenters. The van der Waals surface area contributed by atoms with Crippen molar-refractivity contribution in [3.8, 4) is 9.88 Å². The van der Waals surface area contributed by atoms with E-state index in [1.165, 1.54) is 29.1 Å². The molecule has 3 heterocycles. The lowest BCUT2D eigenvalue weighted by Gasteiger charge is -2.31. The summed E-state index contributed by atoms with van der Waals surface area (Å²) < 4.78 is 0.745. The number of piperidine rings is 1. The number of rotatable bonds is 5. The second-order valence-corrected chi connectivity index (χ2v) is 8.88. The van der Waals surface area contributed by atoms with Gasteiger partial charge in [-0.05, 0) is 57.8 Å². The van der Waals surface area contributed by atoms with Crippen LogP contribution in [0.4, 0.5) is 0 Å². The molecule has 2 aromatic rings. The van der Waals surface area contributed by atoms with Crippen molar-refractivity contribution in [2.75, 3.05) is 26.7 Å². The molecule has 1 aliphatic rings. The van der Waals surface area contributed by atoms with Gasteiger partial charge in [-0.15, -0.1) is 22.7 Å². The van der Waals surface area contributed by atoms with Crippen molar-refractivity contribution in [1.29, 1.82) is 0 Å². The number of carbonyl (C=O) groups excluding carboxylic acids is 1. The lowest BCUT2D eigenvalue weighted by atomic mass is 9.93. The van der Waals surface area contributed by atoms with Crippen LogP contribution in [0.3, 0.4) is 0 Å². The second-order valence-electron chi connectivity index (χ2n) is 6.17. The summed E-state index contributed by atoms with van der Waals surface area (Å²) in [5.74, 6) is 0.860. The molecule has 4 nitrogen and oxygen atoms in total. The Labute approximate surface area is 155 Å². The summed E-state index contributed by atoms with van der Waals surface area (Å²) >= 11 is 8.99. The minimum Gasteiger partial charge on any atom is -0.338 e. The van der Waals surface area contributed by atoms with Crippen LogP contribution in [0, 0.1) is 12.8 Å². The predicted octanol–water partition coefficient (Wildman–Crippen LogP) is 4.30. The fraction of sp³-hybridized carbons (Fsp3) is 0.529. The Morgan fingerprint density at radius 2 is 2.12 bits per heavy atom. The van der Waals surface area contributed by atoms with Crippen molar-refractivity contribution in [2.24, 2.45) is 5.92 Å². The fourth-order valence-electron chi connectivity index (χ4n) is 3.05. The summed E-state index contributed by atoms with van der Waals surface area (Å²) in [6.45, 7) is 4.68. The van der Waals surface area contributed by atoms with E-state index in [2.05, 4.69) is 10.3 Å². The van der Waals surface area contributed by atoms with Crippen LogP contribution in [0.25, 0.3) is 9.88 Å². The number of likely N-dealkylation sites (tertiary alicyclic amines) is 1. The van der Waals surface area contributed by atoms with Crippen molar-refractivity contribution in [3.63, 3.8) is 0 Å². The zero-order valence-corrected chi connectivity index (χ0v) is 16.4. The van der Waals surface area contributed by atoms with Crippen LogP contribution in [-0.2, 0) is 0 Å². The van der Waals surface area contributed by atoms with Gasteiger partial charge in [0.15, 0.2) is 0 Å². The van der Waals surface area contributed by atoms with Crippen LogP contribution in [0.1, 0.15) is 34.6 Å². The fourth-order valence-corrected chi connectivity index (χ4v) is 5.18. The third-order valence-electron chi connectivity index (χ3n) is 4.48. The number of thiophene rings is 1. The Morgan fingerprint density at radius 1 is 1.38 bits per heavy atom. The number of hydrogen-bond acceptors (Lipinski definition) is 5. The standard InChI is InChI=1S/C17H22ClN3OS2/c1-11-15(24-16(20-11)13-3-4-14(18)23-13)17(22)21-9-6-12(7-10-21)5-8-19-2/h3-4,12,19H,5-10H2,1-2H3. The van der Waals surface area contributed by atoms with E-state index >= 15 is 0 Å². The average molecular weight is 384 g/mol. The molecular formula is C17H22ClN3OS2. The Morgan fingerprint density at radius 3 is 2.75 bits per heavy atom. The molecule has 130 valence electrons. The molecule has 1 saturated heterocycles. The third kappa shape index (κ3) is 3.99. The van der Waals surface area contributed by atoms with Crippen molar-refractivity contribution in [3.05, 3.63) is 27.0 Å². The number of aryl methyl sites for hydroxylation is 1. The highest BCUT2D eigenvalue weighted by Crippen LogP contribution is 2.35. The van der Waals surface area contributed by atoms with Crippen molar-refractivity contribution in [2.45, 2.75) is 26.2 Å². The quantitative estimate of drug-likeness (QED) is 0.837. The first kappa shape index (κ1) is 17.9. The highest BCUT2D eigenvalue weighted by Gasteiger charge is 2.26. The molecule has 0 bridgehead atoms. The first-order chi connectivity index (χ1) is 11.6. The van der Waals surface area contributed by atoms with E-state index in [4.69, 9.17) is 11.6 Å². The van der Waals surface area contributed by atoms with Crippen LogP contribution < -0.4 is 5.32 Å². The molecule has 2 aromatic heterocycles. The van der Waals surface area contributed by atoms with E-state index in [0.717, 1.165) is 63.2 Å². The molecule has 0 aliphatic carbocycles. The van der Waals surface area contributed by atoms with Crippen LogP contribution in [-0.4, -0.2) is 42.5 Å². The number of thiazole rings is 1. The van der Waals surface area contributed by atoms with E-state index in [1.807, 2.05) is 31.0 Å². The van der Waals surface area contributed by atoms with Crippen molar-refractivity contribution in [1.82, 2.24) is 15.2 Å². The molecule has 0 spiro atoms. The smallest absolute Gasteiger partial charge is 0.265 e. The van der Waals surface area contributed by atoms with Gasteiger partial charge in [0, 0.05) is 13.1 Å². The maximum atomic E-state index is 12.9. The molecule has 3 rings (SSSR count). The van der Waals surface area contributed by atoms with Gasteiger partial charge in [0.25, 0.3) is 5.91 Å². The number of nitrogens with zero attached hydrogens (tertiary/aromatic N) is 2. The highest BCUT2D eigenvalue weighted by atomic mass is 35.5. The number of aromatic nitrogens is 1. The number of amides is 1. The Balaban J connectivity index is 1.67. The van der Waals surface area contributed by atoms with Gasteiger partial charge in [0.1, 0.15) is 9.88 Å². The Kier molecular flexibility index (Phi) is 5.92. The maximum Gasteiger partial charge on any atom is 0.265 e. The van der Waals surface area contributed by atoms with Gasteiger partial charge in [0.05, 0.1) is 14.9 Å². The molecule has 24 heavy (non-hydrogen) atoms. The summed E-state index contributed by atoms with van der Waals surface area (Å²) in [6, 6.07) is 3.84. The summed E-state index contributed by atoms with van der Waals surface area (Å²) in [5, 5.41) is 4.09. The molecule has 0 aromatic carbocycles. The molecule has 0 unspecified atom stereocenters. The van der Waals surface area contributed by atoms with E-state index < -0.39 is 0 Å². The lowest BCUT2D eigenvalue weighted by molar-refractivity contribution is 0.0691. The monoisotopic (exact) mass is 383 g/mol. The first-order valence-corrected chi connectivity index (χ1v) is 10.3. The summed E-state index contributed by atoms with van der Waals surface area (Å²) in [4.78, 5) is 21.2. The molecule has 1 fully saturated rings. The first-order valence-electron chi connectivity index (χ1n) is 8.25. The molecule has 1 amide bonds. The van der Waals surface area contributed by atoms with Gasteiger partial charge in [-0.2, -0.15) is 0 Å². The molecule has 0 radical (unpaired) electrons. The van der Waals surface area contributed by atoms with Gasteiger partial charge in [-0.3, -0.25) is 4.79 Å². The molecular weight excluding hydrogens is 362 g/mol. The second kappa shape index (κ2) is 7.95. The number of hydrogen-bond donors (Lipinski definition) is 1. The van der Waals surface area contributed by atoms with Crippen molar-refractivity contribution < 1.29 is 4.79 Å². The summed E-state index contributed by atoms with van der Waals surface area (Å²) in [5.41, 5.74) is 0.821. The van der Waals surface area contributed by atoms with Crippen LogP contribution >= 0.6 is 34.3 Å². The largest absolute Gasteiger partial charge is 0.338 e. The Bertz CT molecular complexity index is 705. The van der Waals surface area contributed by atoms with Gasteiger partial charge in [-0.25, -0.2) is 4.98 Å². The minimum absolute atomic E-state index is 0.131. The van der Waals surface area contributed by atoms with E-state index in [0.29, 0.717) is 0 Å². The number of nitrogens with one attached hydrogen (secondary N) is 1. The molecule has 1 aliphatic heterocycles. The third-order valence-corrected chi connectivity index (χ3v) is 7.02. The summed E-state index contributed by atoms with van der Waals surface area (Å²) in [6.07, 6.45) is 3.39. The zero-order valence-electron chi connectivity index (χ0n) is 14.0. The van der Waals surface area contributed by atoms with Crippen molar-refractivity contribution >= 4 is 40.2 Å². The van der Waals surface area contributed by atoms with Crippen LogP contribution in [0.15, 0.2) is 12.1 Å². The topological polar surface area (TPSA) is 45.2 Å². The van der Waals surface area contributed by atoms with Gasteiger partial charge < -0.3 is 10.2 Å². The van der Waals surface area contributed by atoms with E-state index in [9.17, 15) is 4.79 Å². The van der Waals surface area contributed by atoms with Gasteiger partial charge >= 0.3 is 0 Å².